The maximum atomic E-state index is 13.2. The molecule has 0 bridgehead atoms. The van der Waals surface area contributed by atoms with Crippen LogP contribution in [0.4, 0.5) is 13.2 Å². The van der Waals surface area contributed by atoms with Gasteiger partial charge in [-0.2, -0.15) is 13.2 Å². The van der Waals surface area contributed by atoms with E-state index in [4.69, 9.17) is 0 Å². The molecule has 4 nitrogen and oxygen atoms in total. The maximum absolute atomic E-state index is 13.2. The van der Waals surface area contributed by atoms with E-state index in [0.29, 0.717) is 25.1 Å². The van der Waals surface area contributed by atoms with E-state index in [-0.39, 0.29) is 23.8 Å². The van der Waals surface area contributed by atoms with E-state index in [1.165, 1.54) is 18.2 Å². The maximum Gasteiger partial charge on any atom is 0.416 e. The molecule has 4 rings (SSSR count). The summed E-state index contributed by atoms with van der Waals surface area (Å²) in [5, 5.41) is 0. The fraction of sp³-hybridized carbons (Fsp3) is 0.304. The fourth-order valence-corrected chi connectivity index (χ4v) is 4.31. The van der Waals surface area contributed by atoms with Crippen LogP contribution in [0, 0.1) is 11.8 Å². The molecule has 7 heteroatoms. The number of likely N-dealkylation sites (tertiary alicyclic amines) is 1. The molecule has 30 heavy (non-hydrogen) atoms. The lowest BCUT2D eigenvalue weighted by Gasteiger charge is -2.38. The summed E-state index contributed by atoms with van der Waals surface area (Å²) in [7, 11) is 0. The fourth-order valence-electron chi connectivity index (χ4n) is 4.31. The third-order valence-corrected chi connectivity index (χ3v) is 5.90. The van der Waals surface area contributed by atoms with Gasteiger partial charge in [0.1, 0.15) is 0 Å². The second-order valence-electron chi connectivity index (χ2n) is 7.66. The molecule has 0 aromatic heterocycles. The Hall–Kier alpha value is -3.09. The van der Waals surface area contributed by atoms with Gasteiger partial charge in [0, 0.05) is 25.2 Å². The minimum absolute atomic E-state index is 0.0610. The molecule has 2 amide bonds. The number of nitrogens with zero attached hydrogens (tertiary/aromatic N) is 2. The van der Waals surface area contributed by atoms with Gasteiger partial charge in [-0.1, -0.05) is 43.0 Å². The van der Waals surface area contributed by atoms with E-state index in [1.54, 1.807) is 16.0 Å². The van der Waals surface area contributed by atoms with Crippen molar-refractivity contribution in [2.45, 2.75) is 18.6 Å². The molecule has 3 atom stereocenters. The molecule has 2 heterocycles. The monoisotopic (exact) mass is 414 g/mol. The Morgan fingerprint density at radius 3 is 2.40 bits per heavy atom. The highest BCUT2D eigenvalue weighted by molar-refractivity contribution is 5.91. The zero-order chi connectivity index (χ0) is 21.5. The van der Waals surface area contributed by atoms with Crippen LogP contribution >= 0.6 is 0 Å². The van der Waals surface area contributed by atoms with Gasteiger partial charge in [0.2, 0.25) is 11.8 Å². The van der Waals surface area contributed by atoms with Crippen molar-refractivity contribution in [3.05, 3.63) is 78.6 Å². The van der Waals surface area contributed by atoms with Gasteiger partial charge in [-0.3, -0.25) is 9.59 Å². The van der Waals surface area contributed by atoms with Crippen molar-refractivity contribution >= 4 is 17.4 Å². The van der Waals surface area contributed by atoms with E-state index in [2.05, 4.69) is 6.58 Å². The topological polar surface area (TPSA) is 40.6 Å². The summed E-state index contributed by atoms with van der Waals surface area (Å²) in [6, 6.07) is 4.86. The lowest BCUT2D eigenvalue weighted by atomic mass is 9.77. The molecule has 0 spiro atoms. The molecular weight excluding hydrogens is 393 g/mol. The third kappa shape index (κ3) is 3.60. The Balaban J connectivity index is 1.69. The molecular formula is C23H21F3N2O2. The zero-order valence-electron chi connectivity index (χ0n) is 16.2. The first-order valence-electron chi connectivity index (χ1n) is 9.77. The Kier molecular flexibility index (Phi) is 5.13. The van der Waals surface area contributed by atoms with E-state index in [0.717, 1.165) is 17.7 Å². The van der Waals surface area contributed by atoms with Gasteiger partial charge in [-0.15, -0.1) is 0 Å². The molecule has 1 aliphatic carbocycles. The number of benzene rings is 1. The first-order chi connectivity index (χ1) is 14.3. The normalized spacial score (nSPS) is 25.9. The van der Waals surface area contributed by atoms with Crippen LogP contribution in [0.2, 0.25) is 0 Å². The van der Waals surface area contributed by atoms with Crippen LogP contribution in [0.1, 0.15) is 17.5 Å². The van der Waals surface area contributed by atoms with Crippen molar-refractivity contribution in [3.8, 4) is 0 Å². The van der Waals surface area contributed by atoms with Crippen LogP contribution in [0.3, 0.4) is 0 Å². The summed E-state index contributed by atoms with van der Waals surface area (Å²) in [5.41, 5.74) is 0.732. The van der Waals surface area contributed by atoms with Crippen LogP contribution in [0.25, 0.3) is 5.57 Å². The average molecular weight is 414 g/mol. The quantitative estimate of drug-likeness (QED) is 0.701. The summed E-state index contributed by atoms with van der Waals surface area (Å²) < 4.78 is 38.9. The van der Waals surface area contributed by atoms with E-state index in [1.807, 2.05) is 24.3 Å². The molecule has 1 aromatic rings. The van der Waals surface area contributed by atoms with E-state index >= 15 is 0 Å². The highest BCUT2D eigenvalue weighted by Gasteiger charge is 2.41. The van der Waals surface area contributed by atoms with Crippen LogP contribution in [-0.2, 0) is 15.8 Å². The van der Waals surface area contributed by atoms with Crippen molar-refractivity contribution in [1.29, 1.82) is 0 Å². The molecule has 0 N–H and O–H groups in total. The predicted octanol–water partition coefficient (Wildman–Crippen LogP) is 4.03. The van der Waals surface area contributed by atoms with Crippen LogP contribution in [-0.4, -0.2) is 40.7 Å². The summed E-state index contributed by atoms with van der Waals surface area (Å²) >= 11 is 0. The number of hydrogen-bond acceptors (Lipinski definition) is 2. The van der Waals surface area contributed by atoms with E-state index < -0.39 is 17.7 Å². The SMILES string of the molecule is C=CC(=O)N1CCC(N2C=C(c3ccc(C(F)(F)F)cc3)C3C=CC=CC3C2=O)C1. The summed E-state index contributed by atoms with van der Waals surface area (Å²) in [6.45, 7) is 4.45. The van der Waals surface area contributed by atoms with Gasteiger partial charge in [0.15, 0.2) is 0 Å². The summed E-state index contributed by atoms with van der Waals surface area (Å²) in [6.07, 6.45) is 6.65. The van der Waals surface area contributed by atoms with Crippen LogP contribution in [0.5, 0.6) is 0 Å². The zero-order valence-corrected chi connectivity index (χ0v) is 16.2. The molecule has 156 valence electrons. The lowest BCUT2D eigenvalue weighted by molar-refractivity contribution is -0.137. The Morgan fingerprint density at radius 1 is 1.10 bits per heavy atom. The number of amides is 2. The first kappa shape index (κ1) is 20.2. The first-order valence-corrected chi connectivity index (χ1v) is 9.77. The van der Waals surface area contributed by atoms with Crippen molar-refractivity contribution in [1.82, 2.24) is 9.80 Å². The minimum Gasteiger partial charge on any atom is -0.337 e. The number of carbonyl (C=O) groups is 2. The number of rotatable bonds is 3. The number of allylic oxidation sites excluding steroid dienone is 4. The molecule has 1 aromatic carbocycles. The number of halogens is 3. The largest absolute Gasteiger partial charge is 0.416 e. The second-order valence-corrected chi connectivity index (χ2v) is 7.66. The van der Waals surface area contributed by atoms with Gasteiger partial charge in [-0.25, -0.2) is 0 Å². The van der Waals surface area contributed by atoms with Crippen molar-refractivity contribution in [2.75, 3.05) is 13.1 Å². The Bertz CT molecular complexity index is 960. The van der Waals surface area contributed by atoms with Gasteiger partial charge >= 0.3 is 6.18 Å². The molecule has 2 aliphatic heterocycles. The second kappa shape index (κ2) is 7.63. The van der Waals surface area contributed by atoms with Gasteiger partial charge < -0.3 is 9.80 Å². The van der Waals surface area contributed by atoms with Crippen molar-refractivity contribution < 1.29 is 22.8 Å². The summed E-state index contributed by atoms with van der Waals surface area (Å²) in [5.74, 6) is -0.884. The van der Waals surface area contributed by atoms with Crippen molar-refractivity contribution in [3.63, 3.8) is 0 Å². The Morgan fingerprint density at radius 2 is 1.77 bits per heavy atom. The number of alkyl halides is 3. The molecule has 3 unspecified atom stereocenters. The molecule has 3 aliphatic rings. The average Bonchev–Trinajstić information content (AvgIpc) is 3.23. The molecule has 1 saturated heterocycles. The van der Waals surface area contributed by atoms with Crippen molar-refractivity contribution in [2.24, 2.45) is 11.8 Å². The lowest BCUT2D eigenvalue weighted by Crippen LogP contribution is -2.46. The van der Waals surface area contributed by atoms with Gasteiger partial charge in [0.05, 0.1) is 17.5 Å². The molecule has 0 radical (unpaired) electrons. The smallest absolute Gasteiger partial charge is 0.337 e. The highest BCUT2D eigenvalue weighted by atomic mass is 19.4. The van der Waals surface area contributed by atoms with E-state index in [9.17, 15) is 22.8 Å². The number of fused-ring (bicyclic) bond motifs is 1. The van der Waals surface area contributed by atoms with Gasteiger partial charge in [-0.05, 0) is 35.8 Å². The van der Waals surface area contributed by atoms with Gasteiger partial charge in [0.25, 0.3) is 0 Å². The molecule has 1 fully saturated rings. The standard InChI is InChI=1S/C23H21F3N2O2/c1-2-21(29)27-12-11-17(13-27)28-14-20(18-5-3-4-6-19(18)22(28)30)15-7-9-16(10-8-15)23(24,25)26/h2-10,14,17-19H,1,11-13H2. The summed E-state index contributed by atoms with van der Waals surface area (Å²) in [4.78, 5) is 28.4. The number of hydrogen-bond donors (Lipinski definition) is 0. The van der Waals surface area contributed by atoms with Crippen LogP contribution in [0.15, 0.2) is 67.4 Å². The highest BCUT2D eigenvalue weighted by Crippen LogP contribution is 2.40. The third-order valence-electron chi connectivity index (χ3n) is 5.90. The van der Waals surface area contributed by atoms with Crippen LogP contribution < -0.4 is 0 Å². The minimum atomic E-state index is -4.40. The number of carbonyl (C=O) groups excluding carboxylic acids is 2. The predicted molar refractivity (Wildman–Crippen MR) is 107 cm³/mol. The molecule has 0 saturated carbocycles. The Labute approximate surface area is 172 Å².